The Bertz CT molecular complexity index is 495. The van der Waals surface area contributed by atoms with Crippen LogP contribution in [0.25, 0.3) is 11.4 Å². The highest BCUT2D eigenvalue weighted by atomic mass is 15.2. The van der Waals surface area contributed by atoms with Crippen molar-refractivity contribution < 1.29 is 0 Å². The second-order valence-corrected chi connectivity index (χ2v) is 3.46. The Balaban J connectivity index is 2.37. The van der Waals surface area contributed by atoms with E-state index in [0.29, 0.717) is 0 Å². The maximum Gasteiger partial charge on any atom is 0.178 e. The van der Waals surface area contributed by atoms with Crippen LogP contribution < -0.4 is 5.32 Å². The van der Waals surface area contributed by atoms with Gasteiger partial charge in [-0.05, 0) is 6.92 Å². The quantitative estimate of drug-likeness (QED) is 0.626. The molecule has 80 valence electrons. The molecule has 0 aliphatic heterocycles. The van der Waals surface area contributed by atoms with Crippen LogP contribution in [0.2, 0.25) is 0 Å². The van der Waals surface area contributed by atoms with E-state index in [2.05, 4.69) is 10.3 Å². The van der Waals surface area contributed by atoms with Gasteiger partial charge in [0.25, 0.3) is 0 Å². The minimum absolute atomic E-state index is 0.0947. The summed E-state index contributed by atoms with van der Waals surface area (Å²) in [5, 5.41) is 11.3. The van der Waals surface area contributed by atoms with Crippen molar-refractivity contribution in [3.8, 4) is 17.6 Å². The molecule has 0 radical (unpaired) electrons. The first kappa shape index (κ1) is 10.2. The average Bonchev–Trinajstić information content (AvgIpc) is 2.79. The molecule has 1 N–H and O–H groups in total. The highest BCUT2D eigenvalue weighted by Crippen LogP contribution is 2.19. The highest BCUT2D eigenvalue weighted by molar-refractivity contribution is 5.55. The summed E-state index contributed by atoms with van der Waals surface area (Å²) in [7, 11) is 0. The van der Waals surface area contributed by atoms with Crippen molar-refractivity contribution in [2.75, 3.05) is 0 Å². The summed E-state index contributed by atoms with van der Waals surface area (Å²) < 4.78 is 1.93. The first-order valence-corrected chi connectivity index (χ1v) is 5.06. The van der Waals surface area contributed by atoms with Gasteiger partial charge < -0.3 is 9.88 Å². The van der Waals surface area contributed by atoms with Gasteiger partial charge in [-0.25, -0.2) is 4.98 Å². The molecule has 1 unspecified atom stereocenters. The molecule has 0 aliphatic carbocycles. The molecule has 2 aromatic rings. The molecule has 0 saturated carbocycles. The lowest BCUT2D eigenvalue weighted by atomic mass is 10.2. The van der Waals surface area contributed by atoms with E-state index in [1.54, 1.807) is 6.20 Å². The smallest absolute Gasteiger partial charge is 0.178 e. The molecule has 1 heterocycles. The molecule has 4 nitrogen and oxygen atoms in total. The summed E-state index contributed by atoms with van der Waals surface area (Å²) in [6.45, 7) is 1.91. The fraction of sp³-hybridized carbons (Fsp3) is 0.167. The van der Waals surface area contributed by atoms with Gasteiger partial charge in [0.05, 0.1) is 0 Å². The molecule has 0 bridgehead atoms. The van der Waals surface area contributed by atoms with Crippen molar-refractivity contribution in [1.82, 2.24) is 14.9 Å². The molecule has 1 atom stereocenters. The number of benzene rings is 1. The van der Waals surface area contributed by atoms with Gasteiger partial charge in [-0.2, -0.15) is 5.26 Å². The Hall–Kier alpha value is -2.28. The van der Waals surface area contributed by atoms with Gasteiger partial charge in [0.1, 0.15) is 12.0 Å². The van der Waals surface area contributed by atoms with Gasteiger partial charge in [-0.15, -0.1) is 0 Å². The van der Waals surface area contributed by atoms with Crippen LogP contribution in [0.15, 0.2) is 42.7 Å². The molecule has 2 rings (SSSR count). The Kier molecular flexibility index (Phi) is 2.88. The number of nitrogens with zero attached hydrogens (tertiary/aromatic N) is 3. The summed E-state index contributed by atoms with van der Waals surface area (Å²) >= 11 is 0. The number of aromatic nitrogens is 2. The Morgan fingerprint density at radius 1 is 1.38 bits per heavy atom. The second kappa shape index (κ2) is 4.49. The van der Waals surface area contributed by atoms with Crippen molar-refractivity contribution >= 4 is 0 Å². The number of nitriles is 1. The lowest BCUT2D eigenvalue weighted by molar-refractivity contribution is 0.508. The van der Waals surface area contributed by atoms with Crippen LogP contribution in [0, 0.1) is 11.5 Å². The normalized spacial score (nSPS) is 11.8. The Morgan fingerprint density at radius 3 is 2.81 bits per heavy atom. The zero-order chi connectivity index (χ0) is 11.4. The Morgan fingerprint density at radius 2 is 2.12 bits per heavy atom. The number of imidazole rings is 1. The summed E-state index contributed by atoms with van der Waals surface area (Å²) in [5.74, 6) is 0.857. The van der Waals surface area contributed by atoms with Crippen LogP contribution in [-0.2, 0) is 0 Å². The third kappa shape index (κ3) is 1.89. The van der Waals surface area contributed by atoms with Crippen LogP contribution in [0.5, 0.6) is 0 Å². The standard InChI is InChI=1S/C12H12N4/c1-10(15-9-13)16-8-7-14-12(16)11-5-3-2-4-6-11/h2-8,10,15H,1H3. The minimum Gasteiger partial charge on any atom is -0.310 e. The predicted molar refractivity (Wildman–Crippen MR) is 61.1 cm³/mol. The fourth-order valence-electron chi connectivity index (χ4n) is 1.60. The zero-order valence-electron chi connectivity index (χ0n) is 8.96. The van der Waals surface area contributed by atoms with Gasteiger partial charge in [0.15, 0.2) is 6.19 Å². The van der Waals surface area contributed by atoms with E-state index in [-0.39, 0.29) is 6.17 Å². The molecule has 0 saturated heterocycles. The molecule has 4 heteroatoms. The van der Waals surface area contributed by atoms with Crippen molar-refractivity contribution in [3.05, 3.63) is 42.7 Å². The molecular weight excluding hydrogens is 200 g/mol. The van der Waals surface area contributed by atoms with Crippen LogP contribution >= 0.6 is 0 Å². The lowest BCUT2D eigenvalue weighted by Gasteiger charge is -2.14. The maximum absolute atomic E-state index is 8.60. The summed E-state index contributed by atoms with van der Waals surface area (Å²) in [5.41, 5.74) is 1.04. The number of rotatable bonds is 3. The predicted octanol–water partition coefficient (Wildman–Crippen LogP) is 2.14. The molecule has 0 fully saturated rings. The van der Waals surface area contributed by atoms with E-state index in [1.165, 1.54) is 0 Å². The van der Waals surface area contributed by atoms with Gasteiger partial charge in [-0.3, -0.25) is 0 Å². The van der Waals surface area contributed by atoms with E-state index in [9.17, 15) is 0 Å². The molecule has 0 aliphatic rings. The van der Waals surface area contributed by atoms with Crippen molar-refractivity contribution in [1.29, 1.82) is 5.26 Å². The van der Waals surface area contributed by atoms with E-state index in [4.69, 9.17) is 5.26 Å². The topological polar surface area (TPSA) is 53.6 Å². The molecule has 1 aromatic carbocycles. The zero-order valence-corrected chi connectivity index (χ0v) is 8.96. The van der Waals surface area contributed by atoms with Crippen molar-refractivity contribution in [3.63, 3.8) is 0 Å². The first-order valence-electron chi connectivity index (χ1n) is 5.06. The average molecular weight is 212 g/mol. The van der Waals surface area contributed by atoms with Crippen LogP contribution in [0.4, 0.5) is 0 Å². The van der Waals surface area contributed by atoms with Crippen molar-refractivity contribution in [2.45, 2.75) is 13.1 Å². The van der Waals surface area contributed by atoms with Gasteiger partial charge in [0, 0.05) is 18.0 Å². The van der Waals surface area contributed by atoms with Crippen LogP contribution in [0.3, 0.4) is 0 Å². The first-order chi connectivity index (χ1) is 7.83. The summed E-state index contributed by atoms with van der Waals surface area (Å²) in [6, 6.07) is 9.90. The van der Waals surface area contributed by atoms with Gasteiger partial charge >= 0.3 is 0 Å². The number of nitrogens with one attached hydrogen (secondary N) is 1. The lowest BCUT2D eigenvalue weighted by Crippen LogP contribution is -2.19. The maximum atomic E-state index is 8.60. The van der Waals surface area contributed by atoms with Crippen LogP contribution in [-0.4, -0.2) is 9.55 Å². The van der Waals surface area contributed by atoms with Crippen LogP contribution in [0.1, 0.15) is 13.1 Å². The molecule has 1 aromatic heterocycles. The summed E-state index contributed by atoms with van der Waals surface area (Å²) in [6.07, 6.45) is 5.43. The third-order valence-corrected chi connectivity index (χ3v) is 2.39. The number of hydrogen-bond donors (Lipinski definition) is 1. The van der Waals surface area contributed by atoms with E-state index in [1.807, 2.05) is 54.2 Å². The SMILES string of the molecule is CC(NC#N)n1ccnc1-c1ccccc1. The third-order valence-electron chi connectivity index (χ3n) is 2.39. The molecular formula is C12H12N4. The molecule has 0 spiro atoms. The van der Waals surface area contributed by atoms with Gasteiger partial charge in [-0.1, -0.05) is 30.3 Å². The largest absolute Gasteiger partial charge is 0.310 e. The van der Waals surface area contributed by atoms with E-state index < -0.39 is 0 Å². The Labute approximate surface area is 94.2 Å². The second-order valence-electron chi connectivity index (χ2n) is 3.46. The molecule has 16 heavy (non-hydrogen) atoms. The fourth-order valence-corrected chi connectivity index (χ4v) is 1.60. The highest BCUT2D eigenvalue weighted by Gasteiger charge is 2.09. The van der Waals surface area contributed by atoms with Gasteiger partial charge in [0.2, 0.25) is 0 Å². The molecule has 0 amide bonds. The van der Waals surface area contributed by atoms with Crippen molar-refractivity contribution in [2.24, 2.45) is 0 Å². The minimum atomic E-state index is -0.0947. The number of hydrogen-bond acceptors (Lipinski definition) is 3. The van der Waals surface area contributed by atoms with E-state index >= 15 is 0 Å². The van der Waals surface area contributed by atoms with E-state index in [0.717, 1.165) is 11.4 Å². The summed E-state index contributed by atoms with van der Waals surface area (Å²) in [4.78, 5) is 4.30. The monoisotopic (exact) mass is 212 g/mol.